The molecule has 1 aromatic carbocycles. The summed E-state index contributed by atoms with van der Waals surface area (Å²) in [6, 6.07) is 8.51. The minimum atomic E-state index is -3.76. The van der Waals surface area contributed by atoms with Gasteiger partial charge in [0, 0.05) is 23.3 Å². The smallest absolute Gasteiger partial charge is 0.263 e. The van der Waals surface area contributed by atoms with E-state index in [2.05, 4.69) is 14.7 Å². The second kappa shape index (κ2) is 7.28. The molecule has 0 unspecified atom stereocenters. The number of rotatable bonds is 5. The highest BCUT2D eigenvalue weighted by Gasteiger charge is 2.26. The molecule has 0 amide bonds. The Balaban J connectivity index is 1.71. The van der Waals surface area contributed by atoms with Gasteiger partial charge in [-0.2, -0.15) is 0 Å². The van der Waals surface area contributed by atoms with Crippen LogP contribution < -0.4 is 19.1 Å². The highest BCUT2D eigenvalue weighted by atomic mass is 32.2. The van der Waals surface area contributed by atoms with Gasteiger partial charge in [-0.05, 0) is 31.2 Å². The van der Waals surface area contributed by atoms with E-state index in [0.717, 1.165) is 11.4 Å². The molecule has 1 aliphatic heterocycles. The highest BCUT2D eigenvalue weighted by Crippen LogP contribution is 2.40. The summed E-state index contributed by atoms with van der Waals surface area (Å²) < 4.78 is 38.9. The number of aromatic nitrogens is 2. The van der Waals surface area contributed by atoms with E-state index in [4.69, 9.17) is 9.47 Å². The number of methoxy groups -OCH3 is 1. The summed E-state index contributed by atoms with van der Waals surface area (Å²) in [7, 11) is -2.16. The summed E-state index contributed by atoms with van der Waals surface area (Å²) in [4.78, 5) is 10.6. The van der Waals surface area contributed by atoms with Crippen molar-refractivity contribution in [1.29, 1.82) is 0 Å². The van der Waals surface area contributed by atoms with Gasteiger partial charge in [0.15, 0.2) is 16.7 Å². The van der Waals surface area contributed by atoms with Crippen molar-refractivity contribution in [2.45, 2.75) is 11.8 Å². The van der Waals surface area contributed by atoms with Crippen LogP contribution in [0.25, 0.3) is 0 Å². The fourth-order valence-electron chi connectivity index (χ4n) is 2.92. The van der Waals surface area contributed by atoms with Crippen LogP contribution in [0.1, 0.15) is 5.69 Å². The molecule has 3 heterocycles. The Labute approximate surface area is 166 Å². The first-order valence-corrected chi connectivity index (χ1v) is 10.8. The molecule has 0 saturated heterocycles. The lowest BCUT2D eigenvalue weighted by Crippen LogP contribution is -2.30. The molecule has 0 radical (unpaired) electrons. The van der Waals surface area contributed by atoms with Crippen LogP contribution in [-0.4, -0.2) is 38.6 Å². The van der Waals surface area contributed by atoms with Crippen molar-refractivity contribution in [1.82, 2.24) is 9.97 Å². The van der Waals surface area contributed by atoms with Crippen molar-refractivity contribution >= 4 is 38.0 Å². The van der Waals surface area contributed by atoms with Gasteiger partial charge in [-0.15, -0.1) is 11.3 Å². The van der Waals surface area contributed by atoms with Gasteiger partial charge in [-0.25, -0.2) is 18.4 Å². The Morgan fingerprint density at radius 1 is 1.29 bits per heavy atom. The van der Waals surface area contributed by atoms with Crippen LogP contribution in [0.3, 0.4) is 0 Å². The van der Waals surface area contributed by atoms with E-state index in [1.165, 1.54) is 17.4 Å². The fraction of sp³-hybridized carbons (Fsp3) is 0.222. The normalized spacial score (nSPS) is 13.6. The summed E-state index contributed by atoms with van der Waals surface area (Å²) in [6.07, 6.45) is 1.54. The number of sulfonamides is 1. The lowest BCUT2D eigenvalue weighted by molar-refractivity contribution is 0.311. The lowest BCUT2D eigenvalue weighted by atomic mass is 10.2. The number of hydrogen-bond donors (Lipinski definition) is 1. The molecule has 8 nitrogen and oxygen atoms in total. The van der Waals surface area contributed by atoms with Crippen LogP contribution >= 0.6 is 11.3 Å². The van der Waals surface area contributed by atoms with Crippen LogP contribution in [0.4, 0.5) is 16.6 Å². The van der Waals surface area contributed by atoms with E-state index in [9.17, 15) is 8.42 Å². The van der Waals surface area contributed by atoms with Crippen LogP contribution in [0.15, 0.2) is 46.8 Å². The number of fused-ring (bicyclic) bond motifs is 1. The Bertz CT molecular complexity index is 1100. The predicted molar refractivity (Wildman–Crippen MR) is 107 cm³/mol. The molecule has 1 N–H and O–H groups in total. The van der Waals surface area contributed by atoms with Gasteiger partial charge < -0.3 is 14.4 Å². The number of nitrogens with one attached hydrogen (secondary N) is 1. The first-order chi connectivity index (χ1) is 13.5. The molecule has 4 rings (SSSR count). The summed E-state index contributed by atoms with van der Waals surface area (Å²) >= 11 is 1.21. The van der Waals surface area contributed by atoms with E-state index >= 15 is 0 Å². The zero-order valence-corrected chi connectivity index (χ0v) is 16.9. The largest absolute Gasteiger partial charge is 0.493 e. The molecule has 28 heavy (non-hydrogen) atoms. The highest BCUT2D eigenvalue weighted by molar-refractivity contribution is 7.93. The van der Waals surface area contributed by atoms with E-state index < -0.39 is 10.0 Å². The van der Waals surface area contributed by atoms with Gasteiger partial charge >= 0.3 is 0 Å². The minimum Gasteiger partial charge on any atom is -0.493 e. The van der Waals surface area contributed by atoms with Crippen LogP contribution in [-0.2, 0) is 10.0 Å². The van der Waals surface area contributed by atoms with Gasteiger partial charge in [0.05, 0.1) is 24.2 Å². The number of hydrogen-bond acceptors (Lipinski definition) is 8. The van der Waals surface area contributed by atoms with Crippen molar-refractivity contribution in [3.05, 3.63) is 47.6 Å². The Hall–Kier alpha value is -2.85. The maximum absolute atomic E-state index is 12.6. The molecule has 0 spiro atoms. The number of thiazole rings is 1. The second-order valence-electron chi connectivity index (χ2n) is 6.05. The van der Waals surface area contributed by atoms with Crippen molar-refractivity contribution in [3.63, 3.8) is 0 Å². The molecule has 0 bridgehead atoms. The Kier molecular flexibility index (Phi) is 4.82. The summed E-state index contributed by atoms with van der Waals surface area (Å²) in [5.41, 5.74) is 1.59. The van der Waals surface area contributed by atoms with Crippen LogP contribution in [0, 0.1) is 6.92 Å². The zero-order valence-electron chi connectivity index (χ0n) is 15.2. The number of ether oxygens (including phenoxy) is 2. The van der Waals surface area contributed by atoms with Crippen molar-refractivity contribution in [2.75, 3.05) is 29.9 Å². The molecule has 3 aromatic rings. The third-order valence-corrected chi connectivity index (χ3v) is 6.37. The van der Waals surface area contributed by atoms with Gasteiger partial charge in [-0.3, -0.25) is 4.72 Å². The van der Waals surface area contributed by atoms with Crippen molar-refractivity contribution < 1.29 is 17.9 Å². The van der Waals surface area contributed by atoms with Crippen LogP contribution in [0.2, 0.25) is 0 Å². The molecule has 0 fully saturated rings. The van der Waals surface area contributed by atoms with Crippen LogP contribution in [0.5, 0.6) is 11.5 Å². The average molecular weight is 419 g/mol. The summed E-state index contributed by atoms with van der Waals surface area (Å²) in [5.74, 6) is 1.78. The molecule has 10 heteroatoms. The third kappa shape index (κ3) is 3.48. The number of pyridine rings is 1. The molecule has 146 valence electrons. The summed E-state index contributed by atoms with van der Waals surface area (Å²) in [5, 5.41) is 2.02. The monoisotopic (exact) mass is 418 g/mol. The quantitative estimate of drug-likeness (QED) is 0.680. The first-order valence-electron chi connectivity index (χ1n) is 8.46. The Morgan fingerprint density at radius 2 is 2.14 bits per heavy atom. The van der Waals surface area contributed by atoms with E-state index in [1.807, 2.05) is 24.0 Å². The molecule has 1 aliphatic rings. The van der Waals surface area contributed by atoms with E-state index in [1.54, 1.807) is 30.8 Å². The lowest BCUT2D eigenvalue weighted by Gasteiger charge is -2.31. The molecular formula is C18H18N4O4S2. The molecule has 0 saturated carbocycles. The fourth-order valence-corrected chi connectivity index (χ4v) is 4.72. The Morgan fingerprint density at radius 3 is 2.89 bits per heavy atom. The maximum Gasteiger partial charge on any atom is 0.263 e. The second-order valence-corrected chi connectivity index (χ2v) is 8.63. The SMILES string of the molecule is COc1ccc(C)nc1N1CCOc2cc(S(=O)(=O)Nc3nccs3)ccc21. The van der Waals surface area contributed by atoms with E-state index in [0.29, 0.717) is 35.6 Å². The number of nitrogens with zero attached hydrogens (tertiary/aromatic N) is 3. The molecule has 0 atom stereocenters. The minimum absolute atomic E-state index is 0.104. The maximum atomic E-state index is 12.6. The van der Waals surface area contributed by atoms with Crippen molar-refractivity contribution in [3.8, 4) is 11.5 Å². The van der Waals surface area contributed by atoms with Gasteiger partial charge in [0.2, 0.25) is 0 Å². The average Bonchev–Trinajstić information content (AvgIpc) is 3.19. The topological polar surface area (TPSA) is 93.7 Å². The third-order valence-electron chi connectivity index (χ3n) is 4.21. The van der Waals surface area contributed by atoms with Gasteiger partial charge in [0.25, 0.3) is 10.0 Å². The number of anilines is 3. The zero-order chi connectivity index (χ0) is 19.7. The number of aryl methyl sites for hydroxylation is 1. The summed E-state index contributed by atoms with van der Waals surface area (Å²) in [6.45, 7) is 2.88. The predicted octanol–water partition coefficient (Wildman–Crippen LogP) is 3.19. The van der Waals surface area contributed by atoms with Crippen molar-refractivity contribution in [2.24, 2.45) is 0 Å². The van der Waals surface area contributed by atoms with Gasteiger partial charge in [-0.1, -0.05) is 0 Å². The molecule has 0 aliphatic carbocycles. The number of benzene rings is 1. The standard InChI is InChI=1S/C18H18N4O4S2/c1-12-3-6-15(25-2)17(20-12)22-8-9-26-16-11-13(4-5-14(16)22)28(23,24)21-18-19-7-10-27-18/h3-7,10-11H,8-9H2,1-2H3,(H,19,21). The first kappa shape index (κ1) is 18.5. The van der Waals surface area contributed by atoms with Gasteiger partial charge in [0.1, 0.15) is 12.4 Å². The molecular weight excluding hydrogens is 400 g/mol. The molecule has 2 aromatic heterocycles. The van der Waals surface area contributed by atoms with E-state index in [-0.39, 0.29) is 4.90 Å².